The highest BCUT2D eigenvalue weighted by Gasteiger charge is 2.29. The maximum absolute atomic E-state index is 12.9. The number of sulfonamides is 1. The summed E-state index contributed by atoms with van der Waals surface area (Å²) in [6.45, 7) is 1.09. The Labute approximate surface area is 203 Å². The lowest BCUT2D eigenvalue weighted by atomic mass is 10.1. The van der Waals surface area contributed by atoms with E-state index in [2.05, 4.69) is 10.1 Å². The first-order chi connectivity index (χ1) is 16.7. The van der Waals surface area contributed by atoms with Crippen LogP contribution in [0.5, 0.6) is 5.75 Å². The second-order valence-corrected chi connectivity index (χ2v) is 9.59. The van der Waals surface area contributed by atoms with E-state index in [0.29, 0.717) is 18.8 Å². The van der Waals surface area contributed by atoms with Crippen molar-refractivity contribution < 1.29 is 37.0 Å². The average molecular weight is 506 g/mol. The predicted molar refractivity (Wildman–Crippen MR) is 126 cm³/mol. The Morgan fingerprint density at radius 2 is 1.51 bits per heavy atom. The number of amides is 1. The van der Waals surface area contributed by atoms with Crippen molar-refractivity contribution in [3.63, 3.8) is 0 Å². The van der Waals surface area contributed by atoms with Crippen LogP contribution in [0.2, 0.25) is 0 Å². The molecule has 11 nitrogen and oxygen atoms in total. The number of anilines is 1. The zero-order valence-corrected chi connectivity index (χ0v) is 20.5. The van der Waals surface area contributed by atoms with Gasteiger partial charge in [0.05, 0.1) is 49.6 Å². The topological polar surface area (TPSA) is 132 Å². The van der Waals surface area contributed by atoms with E-state index < -0.39 is 27.9 Å². The van der Waals surface area contributed by atoms with E-state index in [1.165, 1.54) is 56.0 Å². The normalized spacial score (nSPS) is 14.7. The molecule has 1 amide bonds. The van der Waals surface area contributed by atoms with Crippen LogP contribution in [0.15, 0.2) is 47.4 Å². The predicted octanol–water partition coefficient (Wildman–Crippen LogP) is 1.21. The zero-order valence-electron chi connectivity index (χ0n) is 19.6. The summed E-state index contributed by atoms with van der Waals surface area (Å²) in [6.07, 6.45) is 0. The van der Waals surface area contributed by atoms with Gasteiger partial charge in [0.15, 0.2) is 0 Å². The van der Waals surface area contributed by atoms with Gasteiger partial charge in [0, 0.05) is 26.2 Å². The molecule has 2 aromatic rings. The average Bonchev–Trinajstić information content (AvgIpc) is 2.88. The number of hydrogen-bond acceptors (Lipinski definition) is 9. The van der Waals surface area contributed by atoms with E-state index in [0.717, 1.165) is 0 Å². The first-order valence-electron chi connectivity index (χ1n) is 10.7. The number of carbonyl (C=O) groups is 3. The Kier molecular flexibility index (Phi) is 8.43. The smallest absolute Gasteiger partial charge is 0.339 e. The van der Waals surface area contributed by atoms with Gasteiger partial charge >= 0.3 is 11.9 Å². The fourth-order valence-corrected chi connectivity index (χ4v) is 5.02. The summed E-state index contributed by atoms with van der Waals surface area (Å²) in [4.78, 5) is 38.6. The first-order valence-corrected chi connectivity index (χ1v) is 12.1. The van der Waals surface area contributed by atoms with Gasteiger partial charge in [-0.15, -0.1) is 0 Å². The molecule has 1 saturated heterocycles. The van der Waals surface area contributed by atoms with Gasteiger partial charge in [0.2, 0.25) is 15.9 Å². The van der Waals surface area contributed by atoms with Crippen LogP contribution in [0.4, 0.5) is 5.69 Å². The highest BCUT2D eigenvalue weighted by molar-refractivity contribution is 7.89. The van der Waals surface area contributed by atoms with Gasteiger partial charge < -0.3 is 19.5 Å². The monoisotopic (exact) mass is 505 g/mol. The highest BCUT2D eigenvalue weighted by Crippen LogP contribution is 2.22. The number of nitrogens with one attached hydrogen (secondary N) is 1. The van der Waals surface area contributed by atoms with Gasteiger partial charge in [0.1, 0.15) is 5.75 Å². The molecule has 0 unspecified atom stereocenters. The van der Waals surface area contributed by atoms with Crippen LogP contribution in [0.1, 0.15) is 20.7 Å². The number of carbonyl (C=O) groups excluding carboxylic acids is 3. The summed E-state index contributed by atoms with van der Waals surface area (Å²) < 4.78 is 41.7. The van der Waals surface area contributed by atoms with E-state index in [9.17, 15) is 22.8 Å². The number of ether oxygens (including phenoxy) is 3. The third-order valence-electron chi connectivity index (χ3n) is 5.52. The van der Waals surface area contributed by atoms with Crippen molar-refractivity contribution >= 4 is 33.6 Å². The molecule has 1 heterocycles. The molecular weight excluding hydrogens is 478 g/mol. The van der Waals surface area contributed by atoms with Gasteiger partial charge in [-0.2, -0.15) is 4.31 Å². The van der Waals surface area contributed by atoms with Crippen molar-refractivity contribution in [1.29, 1.82) is 0 Å². The molecule has 0 atom stereocenters. The van der Waals surface area contributed by atoms with Gasteiger partial charge in [0.25, 0.3) is 0 Å². The molecule has 0 spiro atoms. The van der Waals surface area contributed by atoms with Crippen LogP contribution in [0.25, 0.3) is 0 Å². The molecule has 1 N–H and O–H groups in total. The van der Waals surface area contributed by atoms with Gasteiger partial charge in [-0.25, -0.2) is 18.0 Å². The largest absolute Gasteiger partial charge is 0.497 e. The van der Waals surface area contributed by atoms with Crippen molar-refractivity contribution in [3.8, 4) is 5.75 Å². The minimum atomic E-state index is -3.67. The van der Waals surface area contributed by atoms with Crippen LogP contribution in [0.3, 0.4) is 0 Å². The number of piperazine rings is 1. The molecule has 1 aliphatic rings. The minimum absolute atomic E-state index is 0.0283. The molecule has 0 aliphatic carbocycles. The fraction of sp³-hybridized carbons (Fsp3) is 0.348. The van der Waals surface area contributed by atoms with Crippen molar-refractivity contribution in [2.75, 3.05) is 59.4 Å². The number of hydrogen-bond donors (Lipinski definition) is 1. The van der Waals surface area contributed by atoms with Crippen LogP contribution in [-0.4, -0.2) is 89.5 Å². The van der Waals surface area contributed by atoms with E-state index >= 15 is 0 Å². The Morgan fingerprint density at radius 3 is 2.09 bits per heavy atom. The van der Waals surface area contributed by atoms with E-state index in [4.69, 9.17) is 9.47 Å². The number of methoxy groups -OCH3 is 3. The number of benzene rings is 2. The summed E-state index contributed by atoms with van der Waals surface area (Å²) in [5.41, 5.74) is 0.363. The first kappa shape index (κ1) is 26.1. The third-order valence-corrected chi connectivity index (χ3v) is 7.43. The van der Waals surface area contributed by atoms with Crippen molar-refractivity contribution in [2.24, 2.45) is 0 Å². The second-order valence-electron chi connectivity index (χ2n) is 7.65. The van der Waals surface area contributed by atoms with E-state index in [-0.39, 0.29) is 41.3 Å². The number of nitrogens with zero attached hydrogens (tertiary/aromatic N) is 2. The molecule has 3 rings (SSSR count). The highest BCUT2D eigenvalue weighted by atomic mass is 32.2. The Morgan fingerprint density at radius 1 is 0.886 bits per heavy atom. The van der Waals surface area contributed by atoms with Crippen LogP contribution >= 0.6 is 0 Å². The molecule has 0 aromatic heterocycles. The Balaban J connectivity index is 1.63. The molecular formula is C23H27N3O8S. The lowest BCUT2D eigenvalue weighted by molar-refractivity contribution is -0.117. The Hall–Kier alpha value is -3.48. The van der Waals surface area contributed by atoms with Gasteiger partial charge in [-0.05, 0) is 42.5 Å². The number of rotatable bonds is 8. The lowest BCUT2D eigenvalue weighted by Gasteiger charge is -2.33. The van der Waals surface area contributed by atoms with Crippen molar-refractivity contribution in [3.05, 3.63) is 53.6 Å². The maximum Gasteiger partial charge on any atom is 0.339 e. The molecule has 1 aliphatic heterocycles. The van der Waals surface area contributed by atoms with Crippen molar-refractivity contribution in [2.45, 2.75) is 4.90 Å². The molecule has 1 fully saturated rings. The summed E-state index contributed by atoms with van der Waals surface area (Å²) in [6, 6.07) is 10.3. The number of esters is 2. The molecule has 2 aromatic carbocycles. The summed E-state index contributed by atoms with van der Waals surface area (Å²) in [5.74, 6) is -1.16. The second kappa shape index (κ2) is 11.3. The third kappa shape index (κ3) is 6.15. The van der Waals surface area contributed by atoms with Crippen LogP contribution in [-0.2, 0) is 24.3 Å². The van der Waals surface area contributed by atoms with Crippen LogP contribution in [0, 0.1) is 0 Å². The summed E-state index contributed by atoms with van der Waals surface area (Å²) in [5, 5.41) is 2.64. The maximum atomic E-state index is 12.9. The van der Waals surface area contributed by atoms with Gasteiger partial charge in [-0.1, -0.05) is 0 Å². The lowest BCUT2D eigenvalue weighted by Crippen LogP contribution is -2.50. The molecule has 0 bridgehead atoms. The SMILES string of the molecule is COC(=O)c1ccc(C(=O)OC)c(NC(=O)CN2CCN(S(=O)(=O)c3ccc(OC)cc3)CC2)c1. The minimum Gasteiger partial charge on any atom is -0.497 e. The fourth-order valence-electron chi connectivity index (χ4n) is 3.60. The molecule has 0 radical (unpaired) electrons. The summed E-state index contributed by atoms with van der Waals surface area (Å²) >= 11 is 0. The van der Waals surface area contributed by atoms with Crippen LogP contribution < -0.4 is 10.1 Å². The standard InChI is InChI=1S/C23H27N3O8S/c1-32-17-5-7-18(8-6-17)35(30,31)26-12-10-25(11-13-26)15-21(27)24-20-14-16(22(28)33-2)4-9-19(20)23(29)34-3/h4-9,14H,10-13,15H2,1-3H3,(H,24,27). The van der Waals surface area contributed by atoms with Crippen molar-refractivity contribution in [1.82, 2.24) is 9.21 Å². The quantitative estimate of drug-likeness (QED) is 0.526. The summed E-state index contributed by atoms with van der Waals surface area (Å²) in [7, 11) is 0.275. The van der Waals surface area contributed by atoms with E-state index in [1.54, 1.807) is 17.0 Å². The van der Waals surface area contributed by atoms with E-state index in [1.807, 2.05) is 0 Å². The zero-order chi connectivity index (χ0) is 25.6. The Bertz CT molecular complexity index is 1190. The molecule has 188 valence electrons. The molecule has 35 heavy (non-hydrogen) atoms. The van der Waals surface area contributed by atoms with Gasteiger partial charge in [-0.3, -0.25) is 9.69 Å². The molecule has 12 heteroatoms. The molecule has 0 saturated carbocycles.